The first-order chi connectivity index (χ1) is 12.6. The minimum absolute atomic E-state index is 0. The summed E-state index contributed by atoms with van der Waals surface area (Å²) in [5.74, 6) is 1.39. The molecule has 1 aliphatic heterocycles. The fourth-order valence-corrected chi connectivity index (χ4v) is 3.59. The van der Waals surface area contributed by atoms with Gasteiger partial charge in [-0.2, -0.15) is 0 Å². The number of nitrogens with one attached hydrogen (secondary N) is 2. The molecule has 1 aliphatic rings. The molecule has 3 rings (SSSR count). The molecule has 27 heavy (non-hydrogen) atoms. The van der Waals surface area contributed by atoms with Crippen LogP contribution in [0.2, 0.25) is 0 Å². The van der Waals surface area contributed by atoms with Crippen molar-refractivity contribution in [3.63, 3.8) is 0 Å². The van der Waals surface area contributed by atoms with Crippen LogP contribution in [-0.4, -0.2) is 46.5 Å². The van der Waals surface area contributed by atoms with Crippen molar-refractivity contribution in [3.05, 3.63) is 54.1 Å². The number of halogens is 1. The topological polar surface area (TPSA) is 62.2 Å². The van der Waals surface area contributed by atoms with Gasteiger partial charge in [0, 0.05) is 39.1 Å². The van der Waals surface area contributed by atoms with Gasteiger partial charge in [0.2, 0.25) is 5.91 Å². The summed E-state index contributed by atoms with van der Waals surface area (Å²) in [5.41, 5.74) is 1.15. The zero-order valence-electron chi connectivity index (χ0n) is 16.3. The van der Waals surface area contributed by atoms with E-state index in [2.05, 4.69) is 46.5 Å². The highest BCUT2D eigenvalue weighted by Gasteiger charge is 2.29. The van der Waals surface area contributed by atoms with Crippen LogP contribution in [0.3, 0.4) is 0 Å². The predicted octanol–water partition coefficient (Wildman–Crippen LogP) is 2.30. The predicted molar refractivity (Wildman–Crippen MR) is 110 cm³/mol. The lowest BCUT2D eigenvalue weighted by Crippen LogP contribution is -2.50. The standard InChI is InChI=1S/C20H29N5O.ClH/c1-15(2)19(16-7-5-4-6-8-16)23-18(26)14-25-12-9-21-13-17(25)20-22-10-11-24(20)3;/h4-8,10-11,15,17,19,21H,9,12-14H2,1-3H3,(H,23,26);1H. The number of carbonyl (C=O) groups is 1. The Bertz CT molecular complexity index is 718. The number of aromatic nitrogens is 2. The first kappa shape index (κ1) is 21.4. The number of imidazole rings is 1. The zero-order valence-corrected chi connectivity index (χ0v) is 17.1. The average Bonchev–Trinajstić information content (AvgIpc) is 3.06. The normalized spacial score (nSPS) is 18.7. The second-order valence-electron chi connectivity index (χ2n) is 7.29. The Labute approximate surface area is 167 Å². The number of carbonyl (C=O) groups excluding carboxylic acids is 1. The Kier molecular flexibility index (Phi) is 7.83. The van der Waals surface area contributed by atoms with Crippen LogP contribution in [0.4, 0.5) is 0 Å². The number of benzene rings is 1. The second-order valence-corrected chi connectivity index (χ2v) is 7.29. The van der Waals surface area contributed by atoms with Gasteiger partial charge < -0.3 is 15.2 Å². The maximum absolute atomic E-state index is 12.8. The van der Waals surface area contributed by atoms with Crippen molar-refractivity contribution in [2.24, 2.45) is 13.0 Å². The van der Waals surface area contributed by atoms with Crippen LogP contribution >= 0.6 is 12.4 Å². The molecule has 0 aliphatic carbocycles. The van der Waals surface area contributed by atoms with Gasteiger partial charge in [0.25, 0.3) is 0 Å². The third-order valence-electron chi connectivity index (χ3n) is 5.00. The lowest BCUT2D eigenvalue weighted by atomic mass is 9.96. The SMILES string of the molecule is CC(C)C(NC(=O)CN1CCNCC1c1nccn1C)c1ccccc1.Cl. The lowest BCUT2D eigenvalue weighted by molar-refractivity contribution is -0.124. The molecule has 2 atom stereocenters. The summed E-state index contributed by atoms with van der Waals surface area (Å²) < 4.78 is 2.03. The molecule has 0 bridgehead atoms. The number of rotatable bonds is 6. The number of hydrogen-bond acceptors (Lipinski definition) is 4. The Hall–Kier alpha value is -1.89. The van der Waals surface area contributed by atoms with Crippen molar-refractivity contribution < 1.29 is 4.79 Å². The smallest absolute Gasteiger partial charge is 0.234 e. The number of aryl methyl sites for hydroxylation is 1. The first-order valence-corrected chi connectivity index (χ1v) is 9.32. The molecule has 148 valence electrons. The summed E-state index contributed by atoms with van der Waals surface area (Å²) in [5, 5.41) is 6.64. The minimum atomic E-state index is 0. The fraction of sp³-hybridized carbons (Fsp3) is 0.500. The van der Waals surface area contributed by atoms with Gasteiger partial charge in [0.15, 0.2) is 0 Å². The van der Waals surface area contributed by atoms with Crippen molar-refractivity contribution >= 4 is 18.3 Å². The van der Waals surface area contributed by atoms with Crippen LogP contribution in [0, 0.1) is 5.92 Å². The van der Waals surface area contributed by atoms with E-state index in [0.717, 1.165) is 31.0 Å². The van der Waals surface area contributed by atoms with Crippen molar-refractivity contribution in [1.82, 2.24) is 25.1 Å². The number of nitrogens with zero attached hydrogens (tertiary/aromatic N) is 3. The Morgan fingerprint density at radius 1 is 1.33 bits per heavy atom. The monoisotopic (exact) mass is 391 g/mol. The van der Waals surface area contributed by atoms with Crippen LogP contribution in [-0.2, 0) is 11.8 Å². The molecule has 2 aromatic rings. The minimum Gasteiger partial charge on any atom is -0.348 e. The van der Waals surface area contributed by atoms with Gasteiger partial charge in [-0.3, -0.25) is 9.69 Å². The highest BCUT2D eigenvalue weighted by Crippen LogP contribution is 2.23. The number of amides is 1. The van der Waals surface area contributed by atoms with Crippen LogP contribution in [0.25, 0.3) is 0 Å². The summed E-state index contributed by atoms with van der Waals surface area (Å²) in [6.45, 7) is 7.20. The molecule has 2 unspecified atom stereocenters. The van der Waals surface area contributed by atoms with E-state index in [1.165, 1.54) is 0 Å². The molecule has 0 spiro atoms. The quantitative estimate of drug-likeness (QED) is 0.793. The zero-order chi connectivity index (χ0) is 18.5. The van der Waals surface area contributed by atoms with Crippen molar-refractivity contribution in [2.45, 2.75) is 25.9 Å². The van der Waals surface area contributed by atoms with E-state index in [1.807, 2.05) is 42.2 Å². The van der Waals surface area contributed by atoms with E-state index in [-0.39, 0.29) is 30.4 Å². The highest BCUT2D eigenvalue weighted by atomic mass is 35.5. The molecule has 0 radical (unpaired) electrons. The molecule has 1 aromatic carbocycles. The number of piperazine rings is 1. The third-order valence-corrected chi connectivity index (χ3v) is 5.00. The molecule has 1 aromatic heterocycles. The van der Waals surface area contributed by atoms with Gasteiger partial charge >= 0.3 is 0 Å². The molecule has 7 heteroatoms. The maximum atomic E-state index is 12.8. The van der Waals surface area contributed by atoms with E-state index >= 15 is 0 Å². The van der Waals surface area contributed by atoms with E-state index in [4.69, 9.17) is 0 Å². The Balaban J connectivity index is 0.00000261. The van der Waals surface area contributed by atoms with Crippen LogP contribution in [0.15, 0.2) is 42.7 Å². The first-order valence-electron chi connectivity index (χ1n) is 9.32. The summed E-state index contributed by atoms with van der Waals surface area (Å²) in [7, 11) is 2.00. The van der Waals surface area contributed by atoms with Gasteiger partial charge in [0.1, 0.15) is 5.82 Å². The van der Waals surface area contributed by atoms with Crippen LogP contribution in [0.5, 0.6) is 0 Å². The Morgan fingerprint density at radius 3 is 2.70 bits per heavy atom. The third kappa shape index (κ3) is 5.31. The van der Waals surface area contributed by atoms with Crippen molar-refractivity contribution in [3.8, 4) is 0 Å². The van der Waals surface area contributed by atoms with E-state index in [1.54, 1.807) is 0 Å². The van der Waals surface area contributed by atoms with Gasteiger partial charge in [-0.1, -0.05) is 44.2 Å². The summed E-state index contributed by atoms with van der Waals surface area (Å²) in [6.07, 6.45) is 3.76. The lowest BCUT2D eigenvalue weighted by Gasteiger charge is -2.35. The largest absolute Gasteiger partial charge is 0.348 e. The van der Waals surface area contributed by atoms with E-state index in [9.17, 15) is 4.79 Å². The second kappa shape index (κ2) is 9.88. The highest BCUT2D eigenvalue weighted by molar-refractivity contribution is 5.85. The fourth-order valence-electron chi connectivity index (χ4n) is 3.59. The van der Waals surface area contributed by atoms with Gasteiger partial charge in [-0.25, -0.2) is 4.98 Å². The van der Waals surface area contributed by atoms with Gasteiger partial charge in [-0.15, -0.1) is 12.4 Å². The van der Waals surface area contributed by atoms with Gasteiger partial charge in [-0.05, 0) is 11.5 Å². The molecule has 0 saturated carbocycles. The summed E-state index contributed by atoms with van der Waals surface area (Å²) >= 11 is 0. The van der Waals surface area contributed by atoms with Gasteiger partial charge in [0.05, 0.1) is 18.6 Å². The van der Waals surface area contributed by atoms with Crippen molar-refractivity contribution in [2.75, 3.05) is 26.2 Å². The number of hydrogen-bond donors (Lipinski definition) is 2. The average molecular weight is 392 g/mol. The van der Waals surface area contributed by atoms with Crippen LogP contribution in [0.1, 0.15) is 37.3 Å². The molecule has 2 N–H and O–H groups in total. The van der Waals surface area contributed by atoms with Crippen molar-refractivity contribution in [1.29, 1.82) is 0 Å². The molecule has 1 saturated heterocycles. The molecule has 1 fully saturated rings. The Morgan fingerprint density at radius 2 is 2.07 bits per heavy atom. The molecular formula is C20H30ClN5O. The van der Waals surface area contributed by atoms with E-state index < -0.39 is 0 Å². The summed E-state index contributed by atoms with van der Waals surface area (Å²) in [4.78, 5) is 19.5. The molecule has 1 amide bonds. The maximum Gasteiger partial charge on any atom is 0.234 e. The van der Waals surface area contributed by atoms with Crippen LogP contribution < -0.4 is 10.6 Å². The summed E-state index contributed by atoms with van der Waals surface area (Å²) in [6, 6.07) is 10.3. The molecular weight excluding hydrogens is 362 g/mol. The van der Waals surface area contributed by atoms with E-state index in [0.29, 0.717) is 12.5 Å². The molecule has 6 nitrogen and oxygen atoms in total. The molecule has 2 heterocycles.